The molecule has 0 aliphatic carbocycles. The number of hydrogen-bond acceptors (Lipinski definition) is 8. The average molecular weight is 555 g/mol. The van der Waals surface area contributed by atoms with Crippen molar-refractivity contribution in [3.05, 3.63) is 41.6 Å². The van der Waals surface area contributed by atoms with Crippen molar-refractivity contribution in [3.8, 4) is 11.4 Å². The van der Waals surface area contributed by atoms with Crippen LogP contribution >= 0.6 is 0 Å². The van der Waals surface area contributed by atoms with E-state index in [1.165, 1.54) is 13.2 Å². The molecule has 0 saturated carbocycles. The molecule has 1 atom stereocenters. The van der Waals surface area contributed by atoms with E-state index < -0.39 is 14.6 Å². The average Bonchev–Trinajstić information content (AvgIpc) is 3.34. The Labute approximate surface area is 230 Å². The molecule has 3 aromatic heterocycles. The molecular formula is C28H38N6O4S. The van der Waals surface area contributed by atoms with Crippen molar-refractivity contribution in [1.29, 1.82) is 0 Å². The van der Waals surface area contributed by atoms with Gasteiger partial charge in [0.2, 0.25) is 5.91 Å². The molecule has 0 spiro atoms. The normalized spacial score (nSPS) is 19.9. The molecule has 11 heteroatoms. The quantitative estimate of drug-likeness (QED) is 0.458. The predicted molar refractivity (Wildman–Crippen MR) is 152 cm³/mol. The molecule has 2 aliphatic rings. The van der Waals surface area contributed by atoms with Crippen molar-refractivity contribution in [3.63, 3.8) is 0 Å². The molecule has 10 nitrogen and oxygen atoms in total. The lowest BCUT2D eigenvalue weighted by molar-refractivity contribution is -0.130. The summed E-state index contributed by atoms with van der Waals surface area (Å²) in [5, 5.41) is 3.15. The lowest BCUT2D eigenvalue weighted by Crippen LogP contribution is -2.48. The number of anilines is 1. The number of ether oxygens (including phenoxy) is 1. The van der Waals surface area contributed by atoms with E-state index in [4.69, 9.17) is 14.7 Å². The maximum Gasteiger partial charge on any atom is 0.219 e. The molecule has 2 aliphatic heterocycles. The van der Waals surface area contributed by atoms with Crippen molar-refractivity contribution < 1.29 is 17.9 Å². The Kier molecular flexibility index (Phi) is 7.67. The van der Waals surface area contributed by atoms with Crippen LogP contribution in [0.25, 0.3) is 22.4 Å². The molecule has 2 fully saturated rings. The highest BCUT2D eigenvalue weighted by Crippen LogP contribution is 2.43. The molecule has 2 saturated heterocycles. The van der Waals surface area contributed by atoms with Crippen LogP contribution in [0.15, 0.2) is 30.3 Å². The van der Waals surface area contributed by atoms with Crippen LogP contribution < -0.4 is 10.2 Å². The number of aromatic amines is 1. The zero-order valence-electron chi connectivity index (χ0n) is 23.2. The van der Waals surface area contributed by atoms with Gasteiger partial charge in [0.15, 0.2) is 9.84 Å². The summed E-state index contributed by atoms with van der Waals surface area (Å²) >= 11 is 0. The second-order valence-electron chi connectivity index (χ2n) is 10.7. The number of carbonyl (C=O) groups is 1. The number of amides is 1. The van der Waals surface area contributed by atoms with Crippen molar-refractivity contribution in [2.75, 3.05) is 51.1 Å². The van der Waals surface area contributed by atoms with Gasteiger partial charge in [-0.3, -0.25) is 4.79 Å². The Morgan fingerprint density at radius 1 is 1.15 bits per heavy atom. The number of H-pyrrole nitrogens is 1. The van der Waals surface area contributed by atoms with Crippen LogP contribution in [0.3, 0.4) is 0 Å². The summed E-state index contributed by atoms with van der Waals surface area (Å²) in [5.41, 5.74) is 4.83. The maximum absolute atomic E-state index is 13.5. The SMILES string of the molecule is CC[C@H]1COCCN1c1cc(C2(S(C)(=O)=O)CCN(C(C)=O)CC2)cc(-c2ccc3[nH]c(CNC)cc3n2)n1. The molecular weight excluding hydrogens is 516 g/mol. The Hall–Kier alpha value is -3.02. The first-order valence-electron chi connectivity index (χ1n) is 13.6. The Morgan fingerprint density at radius 2 is 1.92 bits per heavy atom. The molecule has 0 radical (unpaired) electrons. The van der Waals surface area contributed by atoms with E-state index in [0.29, 0.717) is 69.2 Å². The lowest BCUT2D eigenvalue weighted by atomic mass is 9.87. The molecule has 210 valence electrons. The lowest BCUT2D eigenvalue weighted by Gasteiger charge is -2.41. The predicted octanol–water partition coefficient (Wildman–Crippen LogP) is 2.84. The summed E-state index contributed by atoms with van der Waals surface area (Å²) in [6, 6.07) is 9.93. The van der Waals surface area contributed by atoms with E-state index in [9.17, 15) is 13.2 Å². The number of aromatic nitrogens is 3. The molecule has 3 aromatic rings. The number of nitrogens with one attached hydrogen (secondary N) is 2. The molecule has 1 amide bonds. The maximum atomic E-state index is 13.5. The smallest absolute Gasteiger partial charge is 0.219 e. The number of likely N-dealkylation sites (tertiary alicyclic amines) is 1. The minimum Gasteiger partial charge on any atom is -0.377 e. The summed E-state index contributed by atoms with van der Waals surface area (Å²) in [6.07, 6.45) is 2.87. The minimum absolute atomic E-state index is 0.0334. The van der Waals surface area contributed by atoms with Gasteiger partial charge in [0.05, 0.1) is 41.7 Å². The van der Waals surface area contributed by atoms with E-state index in [1.807, 2.05) is 37.4 Å². The van der Waals surface area contributed by atoms with Crippen molar-refractivity contribution in [1.82, 2.24) is 25.2 Å². The van der Waals surface area contributed by atoms with Crippen molar-refractivity contribution in [2.45, 2.75) is 50.4 Å². The van der Waals surface area contributed by atoms with Gasteiger partial charge in [-0.25, -0.2) is 18.4 Å². The number of piperidine rings is 1. The first-order valence-corrected chi connectivity index (χ1v) is 15.5. The van der Waals surface area contributed by atoms with Crippen LogP contribution in [0.2, 0.25) is 0 Å². The summed E-state index contributed by atoms with van der Waals surface area (Å²) in [6.45, 7) is 7.01. The number of pyridine rings is 2. The number of hydrogen-bond donors (Lipinski definition) is 2. The number of carbonyl (C=O) groups excluding carboxylic acids is 1. The second kappa shape index (κ2) is 10.9. The van der Waals surface area contributed by atoms with Gasteiger partial charge >= 0.3 is 0 Å². The van der Waals surface area contributed by atoms with Gasteiger partial charge in [-0.05, 0) is 62.2 Å². The van der Waals surface area contributed by atoms with Gasteiger partial charge in [-0.2, -0.15) is 0 Å². The fraction of sp³-hybridized carbons (Fsp3) is 0.536. The summed E-state index contributed by atoms with van der Waals surface area (Å²) in [5.74, 6) is 0.704. The van der Waals surface area contributed by atoms with E-state index >= 15 is 0 Å². The number of sulfone groups is 1. The molecule has 5 heterocycles. The third-order valence-corrected chi connectivity index (χ3v) is 10.3. The second-order valence-corrected chi connectivity index (χ2v) is 13.0. The van der Waals surface area contributed by atoms with Gasteiger partial charge in [0, 0.05) is 45.1 Å². The summed E-state index contributed by atoms with van der Waals surface area (Å²) in [7, 11) is -1.64. The monoisotopic (exact) mass is 554 g/mol. The van der Waals surface area contributed by atoms with E-state index in [-0.39, 0.29) is 11.9 Å². The fourth-order valence-corrected chi connectivity index (χ4v) is 7.37. The van der Waals surface area contributed by atoms with E-state index in [1.54, 1.807) is 4.90 Å². The number of morpholine rings is 1. The molecule has 2 N–H and O–H groups in total. The minimum atomic E-state index is -3.53. The highest BCUT2D eigenvalue weighted by Gasteiger charge is 2.46. The van der Waals surface area contributed by atoms with Crippen LogP contribution in [0.4, 0.5) is 5.82 Å². The molecule has 39 heavy (non-hydrogen) atoms. The van der Waals surface area contributed by atoms with Crippen LogP contribution in [0.5, 0.6) is 0 Å². The first kappa shape index (κ1) is 27.5. The van der Waals surface area contributed by atoms with E-state index in [2.05, 4.69) is 22.1 Å². The van der Waals surface area contributed by atoms with Gasteiger partial charge in [-0.15, -0.1) is 0 Å². The third kappa shape index (κ3) is 5.27. The Balaban J connectivity index is 1.66. The number of fused-ring (bicyclic) bond motifs is 1. The van der Waals surface area contributed by atoms with Crippen LogP contribution in [-0.4, -0.2) is 86.4 Å². The van der Waals surface area contributed by atoms with Crippen LogP contribution in [0.1, 0.15) is 44.4 Å². The van der Waals surface area contributed by atoms with Gasteiger partial charge < -0.3 is 24.8 Å². The summed E-state index contributed by atoms with van der Waals surface area (Å²) in [4.78, 5) is 29.3. The van der Waals surface area contributed by atoms with Gasteiger partial charge in [0.1, 0.15) is 10.6 Å². The Bertz CT molecular complexity index is 1460. The van der Waals surface area contributed by atoms with E-state index in [0.717, 1.165) is 29.0 Å². The molecule has 0 unspecified atom stereocenters. The molecule has 0 aromatic carbocycles. The zero-order chi connectivity index (χ0) is 27.8. The van der Waals surface area contributed by atoms with Crippen LogP contribution in [0, 0.1) is 0 Å². The Morgan fingerprint density at radius 3 is 2.59 bits per heavy atom. The topological polar surface area (TPSA) is 121 Å². The van der Waals surface area contributed by atoms with Crippen molar-refractivity contribution >= 4 is 32.6 Å². The highest BCUT2D eigenvalue weighted by molar-refractivity contribution is 7.91. The van der Waals surface area contributed by atoms with Gasteiger partial charge in [0.25, 0.3) is 0 Å². The first-order chi connectivity index (χ1) is 18.6. The third-order valence-electron chi connectivity index (χ3n) is 8.22. The van der Waals surface area contributed by atoms with Crippen LogP contribution in [-0.2, 0) is 30.7 Å². The molecule has 5 rings (SSSR count). The number of nitrogens with zero attached hydrogens (tertiary/aromatic N) is 4. The largest absolute Gasteiger partial charge is 0.377 e. The van der Waals surface area contributed by atoms with Gasteiger partial charge in [-0.1, -0.05) is 6.92 Å². The highest BCUT2D eigenvalue weighted by atomic mass is 32.2. The summed E-state index contributed by atoms with van der Waals surface area (Å²) < 4.78 is 31.6. The van der Waals surface area contributed by atoms with Crippen molar-refractivity contribution in [2.24, 2.45) is 0 Å². The zero-order valence-corrected chi connectivity index (χ0v) is 24.0. The molecule has 0 bridgehead atoms. The fourth-order valence-electron chi connectivity index (χ4n) is 5.90. The standard InChI is InChI=1S/C28H38N6O4S/c1-5-22-18-38-13-12-34(22)27-15-20(28(39(4,36)37)8-10-33(11-9-28)19(2)35)14-25(32-27)24-7-6-23-26(31-24)16-21(30-23)17-29-3/h6-7,14-16,22,29-30H,5,8-13,17-18H2,1-4H3/t22-/m0/s1. The number of rotatable bonds is 7.